The molecule has 0 aliphatic rings. The maximum absolute atomic E-state index is 4.01. The fourth-order valence-electron chi connectivity index (χ4n) is 1.44. The summed E-state index contributed by atoms with van der Waals surface area (Å²) in [6.07, 6.45) is 1.91. The smallest absolute Gasteiger partial charge is 0.0964 e. The minimum Gasteiger partial charge on any atom is -0.307 e. The molecule has 0 saturated carbocycles. The van der Waals surface area contributed by atoms with Crippen LogP contribution in [0.15, 0.2) is 34.9 Å². The molecule has 0 spiro atoms. The highest BCUT2D eigenvalue weighted by atomic mass is 79.9. The van der Waals surface area contributed by atoms with E-state index in [9.17, 15) is 0 Å². The molecule has 16 heavy (non-hydrogen) atoms. The number of nitrogens with one attached hydrogen (secondary N) is 1. The summed E-state index contributed by atoms with van der Waals surface area (Å²) >= 11 is 3.51. The van der Waals surface area contributed by atoms with Crippen LogP contribution < -0.4 is 5.32 Å². The third-order valence-corrected chi connectivity index (χ3v) is 3.00. The van der Waals surface area contributed by atoms with Gasteiger partial charge in [0.05, 0.1) is 5.69 Å². The topological polar surface area (TPSA) is 42.7 Å². The Morgan fingerprint density at radius 1 is 1.31 bits per heavy atom. The molecule has 0 aliphatic carbocycles. The number of halogens is 1. The Balaban J connectivity index is 1.87. The zero-order chi connectivity index (χ0) is 11.4. The van der Waals surface area contributed by atoms with Crippen molar-refractivity contribution in [2.24, 2.45) is 7.05 Å². The summed E-state index contributed by atoms with van der Waals surface area (Å²) in [5.41, 5.74) is 2.20. The molecule has 0 aliphatic heterocycles. The standard InChI is InChI=1S/C11H13BrN4/c1-16-8-10(14-15-16)7-13-6-9-4-2-3-5-11(9)12/h2-5,8,13H,6-7H2,1H3. The maximum Gasteiger partial charge on any atom is 0.0964 e. The van der Waals surface area contributed by atoms with E-state index >= 15 is 0 Å². The van der Waals surface area contributed by atoms with Gasteiger partial charge in [0.1, 0.15) is 0 Å². The lowest BCUT2D eigenvalue weighted by atomic mass is 10.2. The first-order valence-electron chi connectivity index (χ1n) is 5.05. The summed E-state index contributed by atoms with van der Waals surface area (Å²) in [6.45, 7) is 1.55. The Hall–Kier alpha value is -1.20. The van der Waals surface area contributed by atoms with E-state index in [2.05, 4.69) is 37.6 Å². The normalized spacial score (nSPS) is 10.6. The van der Waals surface area contributed by atoms with Crippen LogP contribution >= 0.6 is 15.9 Å². The molecule has 5 heteroatoms. The third kappa shape index (κ3) is 2.90. The van der Waals surface area contributed by atoms with Crippen LogP contribution in [0.4, 0.5) is 0 Å². The summed E-state index contributed by atoms with van der Waals surface area (Å²) in [7, 11) is 1.87. The van der Waals surface area contributed by atoms with Crippen molar-refractivity contribution in [2.45, 2.75) is 13.1 Å². The van der Waals surface area contributed by atoms with Crippen molar-refractivity contribution in [1.82, 2.24) is 20.3 Å². The van der Waals surface area contributed by atoms with Crippen molar-refractivity contribution in [3.05, 3.63) is 46.2 Å². The zero-order valence-corrected chi connectivity index (χ0v) is 10.6. The van der Waals surface area contributed by atoms with E-state index < -0.39 is 0 Å². The fourth-order valence-corrected chi connectivity index (χ4v) is 1.87. The lowest BCUT2D eigenvalue weighted by molar-refractivity contribution is 0.672. The molecule has 1 heterocycles. The molecule has 4 nitrogen and oxygen atoms in total. The van der Waals surface area contributed by atoms with Crippen LogP contribution in [0.25, 0.3) is 0 Å². The lowest BCUT2D eigenvalue weighted by Crippen LogP contribution is -2.13. The monoisotopic (exact) mass is 280 g/mol. The van der Waals surface area contributed by atoms with Gasteiger partial charge < -0.3 is 5.32 Å². The average Bonchev–Trinajstić information content (AvgIpc) is 2.67. The molecule has 0 bridgehead atoms. The highest BCUT2D eigenvalue weighted by Gasteiger charge is 2.00. The van der Waals surface area contributed by atoms with Gasteiger partial charge in [-0.2, -0.15) is 0 Å². The van der Waals surface area contributed by atoms with Crippen LogP contribution in [0.2, 0.25) is 0 Å². The second-order valence-corrected chi connectivity index (χ2v) is 4.43. The van der Waals surface area contributed by atoms with Gasteiger partial charge >= 0.3 is 0 Å². The number of aromatic nitrogens is 3. The Kier molecular flexibility index (Phi) is 3.69. The molecule has 84 valence electrons. The van der Waals surface area contributed by atoms with Crippen LogP contribution in [-0.2, 0) is 20.1 Å². The molecule has 0 amide bonds. The summed E-state index contributed by atoms with van der Waals surface area (Å²) in [5, 5.41) is 11.2. The van der Waals surface area contributed by atoms with Gasteiger partial charge in [0.15, 0.2) is 0 Å². The first kappa shape index (κ1) is 11.3. The number of rotatable bonds is 4. The molecule has 1 aromatic heterocycles. The Labute approximate surface area is 103 Å². The van der Waals surface area contributed by atoms with Crippen molar-refractivity contribution in [3.63, 3.8) is 0 Å². The van der Waals surface area contributed by atoms with E-state index in [4.69, 9.17) is 0 Å². The molecule has 2 aromatic rings. The minimum absolute atomic E-state index is 0.731. The van der Waals surface area contributed by atoms with Crippen molar-refractivity contribution in [1.29, 1.82) is 0 Å². The van der Waals surface area contributed by atoms with Crippen LogP contribution in [-0.4, -0.2) is 15.0 Å². The summed E-state index contributed by atoms with van der Waals surface area (Å²) in [4.78, 5) is 0. The largest absolute Gasteiger partial charge is 0.307 e. The first-order valence-corrected chi connectivity index (χ1v) is 5.84. The Morgan fingerprint density at radius 2 is 2.12 bits per heavy atom. The van der Waals surface area contributed by atoms with Gasteiger partial charge in [-0.25, -0.2) is 0 Å². The van der Waals surface area contributed by atoms with E-state index in [0.717, 1.165) is 23.3 Å². The van der Waals surface area contributed by atoms with Gasteiger partial charge in [-0.3, -0.25) is 4.68 Å². The van der Waals surface area contributed by atoms with E-state index in [1.165, 1.54) is 5.56 Å². The number of benzene rings is 1. The van der Waals surface area contributed by atoms with Gasteiger partial charge in [0, 0.05) is 30.8 Å². The Morgan fingerprint density at radius 3 is 2.81 bits per heavy atom. The zero-order valence-electron chi connectivity index (χ0n) is 9.02. The van der Waals surface area contributed by atoms with E-state index in [-0.39, 0.29) is 0 Å². The van der Waals surface area contributed by atoms with E-state index in [1.807, 2.05) is 31.4 Å². The first-order chi connectivity index (χ1) is 7.75. The highest BCUT2D eigenvalue weighted by Crippen LogP contribution is 2.15. The predicted octanol–water partition coefficient (Wildman–Crippen LogP) is 1.87. The van der Waals surface area contributed by atoms with Crippen LogP contribution in [0.3, 0.4) is 0 Å². The minimum atomic E-state index is 0.731. The lowest BCUT2D eigenvalue weighted by Gasteiger charge is -2.04. The van der Waals surface area contributed by atoms with Gasteiger partial charge in [-0.15, -0.1) is 5.10 Å². The summed E-state index contributed by atoms with van der Waals surface area (Å²) in [5.74, 6) is 0. The second kappa shape index (κ2) is 5.23. The maximum atomic E-state index is 4.01. The van der Waals surface area contributed by atoms with Gasteiger partial charge in [0.2, 0.25) is 0 Å². The van der Waals surface area contributed by atoms with Crippen molar-refractivity contribution < 1.29 is 0 Å². The Bertz CT molecular complexity index is 467. The van der Waals surface area contributed by atoms with Gasteiger partial charge in [-0.1, -0.05) is 39.3 Å². The van der Waals surface area contributed by atoms with Gasteiger partial charge in [0.25, 0.3) is 0 Å². The predicted molar refractivity (Wildman–Crippen MR) is 65.7 cm³/mol. The molecule has 1 aromatic carbocycles. The van der Waals surface area contributed by atoms with Crippen LogP contribution in [0.5, 0.6) is 0 Å². The fraction of sp³-hybridized carbons (Fsp3) is 0.273. The summed E-state index contributed by atoms with van der Waals surface area (Å²) in [6, 6.07) is 8.17. The quantitative estimate of drug-likeness (QED) is 0.930. The second-order valence-electron chi connectivity index (χ2n) is 3.58. The number of hydrogen-bond donors (Lipinski definition) is 1. The molecule has 0 atom stereocenters. The number of nitrogens with zero attached hydrogens (tertiary/aromatic N) is 3. The molecular weight excluding hydrogens is 268 g/mol. The van der Waals surface area contributed by atoms with Crippen molar-refractivity contribution >= 4 is 15.9 Å². The van der Waals surface area contributed by atoms with Crippen LogP contribution in [0, 0.1) is 0 Å². The average molecular weight is 281 g/mol. The highest BCUT2D eigenvalue weighted by molar-refractivity contribution is 9.10. The molecule has 0 unspecified atom stereocenters. The molecule has 0 saturated heterocycles. The number of aryl methyl sites for hydroxylation is 1. The molecule has 2 rings (SSSR count). The summed E-state index contributed by atoms with van der Waals surface area (Å²) < 4.78 is 2.83. The molecule has 1 N–H and O–H groups in total. The molecule has 0 radical (unpaired) electrons. The van der Waals surface area contributed by atoms with Crippen molar-refractivity contribution in [2.75, 3.05) is 0 Å². The SMILES string of the molecule is Cn1cc(CNCc2ccccc2Br)nn1. The van der Waals surface area contributed by atoms with Gasteiger partial charge in [-0.05, 0) is 11.6 Å². The van der Waals surface area contributed by atoms with E-state index in [1.54, 1.807) is 4.68 Å². The van der Waals surface area contributed by atoms with Crippen LogP contribution in [0.1, 0.15) is 11.3 Å². The number of hydrogen-bond acceptors (Lipinski definition) is 3. The third-order valence-electron chi connectivity index (χ3n) is 2.23. The molecular formula is C11H13BrN4. The van der Waals surface area contributed by atoms with Crippen molar-refractivity contribution in [3.8, 4) is 0 Å². The van der Waals surface area contributed by atoms with E-state index in [0.29, 0.717) is 0 Å². The molecule has 0 fully saturated rings.